The molecule has 0 saturated heterocycles. The van der Waals surface area contributed by atoms with E-state index in [1.54, 1.807) is 12.1 Å². The van der Waals surface area contributed by atoms with Crippen molar-refractivity contribution in [2.75, 3.05) is 6.54 Å². The minimum Gasteiger partial charge on any atom is -0.314 e. The number of rotatable bonds is 5. The Morgan fingerprint density at radius 2 is 2.00 bits per heavy atom. The maximum absolute atomic E-state index is 13.8. The number of nitrogens with one attached hydrogen (secondary N) is 1. The van der Waals surface area contributed by atoms with E-state index in [2.05, 4.69) is 12.2 Å². The zero-order valence-electron chi connectivity index (χ0n) is 11.3. The summed E-state index contributed by atoms with van der Waals surface area (Å²) in [5.41, 5.74) is 0.510. The van der Waals surface area contributed by atoms with Crippen LogP contribution in [0.4, 0.5) is 8.78 Å². The monoisotopic (exact) mass is 265 g/mol. The van der Waals surface area contributed by atoms with Gasteiger partial charge < -0.3 is 5.32 Å². The number of halogens is 2. The lowest BCUT2D eigenvalue weighted by molar-refractivity contribution is 0.401. The second-order valence-corrected chi connectivity index (χ2v) is 5.92. The molecule has 2 aliphatic carbocycles. The minimum atomic E-state index is -0.733. The zero-order valence-corrected chi connectivity index (χ0v) is 11.3. The highest BCUT2D eigenvalue weighted by molar-refractivity contribution is 5.21. The number of hydrogen-bond donors (Lipinski definition) is 1. The molecule has 0 heterocycles. The lowest BCUT2D eigenvalue weighted by Crippen LogP contribution is -2.34. The van der Waals surface area contributed by atoms with Crippen LogP contribution >= 0.6 is 0 Å². The normalized spacial score (nSPS) is 30.2. The maximum Gasteiger partial charge on any atom is 0.162 e. The van der Waals surface area contributed by atoms with Gasteiger partial charge in [-0.15, -0.1) is 0 Å². The summed E-state index contributed by atoms with van der Waals surface area (Å²) in [6.45, 7) is 2.96. The van der Waals surface area contributed by atoms with Gasteiger partial charge >= 0.3 is 0 Å². The fourth-order valence-corrected chi connectivity index (χ4v) is 4.02. The van der Waals surface area contributed by atoms with E-state index in [0.717, 1.165) is 18.4 Å². The van der Waals surface area contributed by atoms with Crippen LogP contribution in [0.5, 0.6) is 0 Å². The molecule has 3 atom stereocenters. The Hall–Kier alpha value is -0.960. The Balaban J connectivity index is 1.73. The van der Waals surface area contributed by atoms with Crippen molar-refractivity contribution in [1.82, 2.24) is 5.32 Å². The van der Waals surface area contributed by atoms with E-state index < -0.39 is 11.6 Å². The third kappa shape index (κ3) is 2.40. The summed E-state index contributed by atoms with van der Waals surface area (Å²) in [6.07, 6.45) is 4.60. The first-order valence-electron chi connectivity index (χ1n) is 7.38. The molecule has 0 radical (unpaired) electrons. The summed E-state index contributed by atoms with van der Waals surface area (Å²) in [6, 6.07) is 4.80. The first-order chi connectivity index (χ1) is 9.22. The molecule has 1 nitrogen and oxygen atoms in total. The van der Waals surface area contributed by atoms with Gasteiger partial charge in [0.1, 0.15) is 0 Å². The van der Waals surface area contributed by atoms with Gasteiger partial charge in [-0.05, 0) is 55.2 Å². The van der Waals surface area contributed by atoms with Crippen molar-refractivity contribution in [3.05, 3.63) is 35.4 Å². The molecule has 1 N–H and O–H groups in total. The number of likely N-dealkylation sites (N-methyl/N-ethyl adjacent to an activating group) is 1. The summed E-state index contributed by atoms with van der Waals surface area (Å²) in [5, 5.41) is 3.48. The van der Waals surface area contributed by atoms with Gasteiger partial charge in [0.25, 0.3) is 0 Å². The molecule has 1 aromatic rings. The summed E-state index contributed by atoms with van der Waals surface area (Å²) in [4.78, 5) is 0. The second kappa shape index (κ2) is 5.20. The molecule has 0 bridgehead atoms. The molecule has 0 aromatic heterocycles. The van der Waals surface area contributed by atoms with Crippen LogP contribution in [0.15, 0.2) is 18.2 Å². The predicted molar refractivity (Wildman–Crippen MR) is 71.8 cm³/mol. The Morgan fingerprint density at radius 1 is 1.26 bits per heavy atom. The highest BCUT2D eigenvalue weighted by Gasteiger charge is 2.55. The molecule has 2 fully saturated rings. The van der Waals surface area contributed by atoms with Crippen LogP contribution in [0, 0.1) is 29.4 Å². The third-order valence-electron chi connectivity index (χ3n) is 4.88. The van der Waals surface area contributed by atoms with Gasteiger partial charge in [0, 0.05) is 6.04 Å². The predicted octanol–water partition coefficient (Wildman–Crippen LogP) is 3.53. The third-order valence-corrected chi connectivity index (χ3v) is 4.88. The zero-order chi connectivity index (χ0) is 13.4. The summed E-state index contributed by atoms with van der Waals surface area (Å²) < 4.78 is 27.0. The van der Waals surface area contributed by atoms with Gasteiger partial charge in [-0.2, -0.15) is 0 Å². The van der Waals surface area contributed by atoms with Crippen LogP contribution in [0.25, 0.3) is 0 Å². The molecule has 3 unspecified atom stereocenters. The number of benzene rings is 1. The maximum atomic E-state index is 13.8. The van der Waals surface area contributed by atoms with Gasteiger partial charge in [-0.25, -0.2) is 8.78 Å². The van der Waals surface area contributed by atoms with Crippen LogP contribution in [0.1, 0.15) is 31.7 Å². The topological polar surface area (TPSA) is 12.0 Å². The lowest BCUT2D eigenvalue weighted by Gasteiger charge is -2.20. The van der Waals surface area contributed by atoms with Gasteiger partial charge in [-0.3, -0.25) is 0 Å². The molecule has 19 heavy (non-hydrogen) atoms. The smallest absolute Gasteiger partial charge is 0.162 e. The number of fused-ring (bicyclic) bond motifs is 1. The van der Waals surface area contributed by atoms with E-state index in [-0.39, 0.29) is 0 Å². The van der Waals surface area contributed by atoms with E-state index in [1.165, 1.54) is 25.3 Å². The first-order valence-corrected chi connectivity index (χ1v) is 7.38. The quantitative estimate of drug-likeness (QED) is 0.858. The molecule has 0 spiro atoms. The van der Waals surface area contributed by atoms with E-state index in [0.29, 0.717) is 23.9 Å². The highest BCUT2D eigenvalue weighted by atomic mass is 19.2. The van der Waals surface area contributed by atoms with E-state index in [9.17, 15) is 8.78 Å². The molecule has 3 rings (SSSR count). The fourth-order valence-electron chi connectivity index (χ4n) is 4.02. The molecule has 2 aliphatic rings. The van der Waals surface area contributed by atoms with Crippen LogP contribution in [0.2, 0.25) is 0 Å². The molecule has 1 aromatic carbocycles. The Labute approximate surface area is 113 Å². The number of hydrogen-bond acceptors (Lipinski definition) is 1. The minimum absolute atomic E-state index is 0.302. The molecule has 104 valence electrons. The van der Waals surface area contributed by atoms with Crippen molar-refractivity contribution in [3.63, 3.8) is 0 Å². The lowest BCUT2D eigenvalue weighted by atomic mass is 9.96. The van der Waals surface area contributed by atoms with Crippen molar-refractivity contribution in [2.24, 2.45) is 17.8 Å². The van der Waals surface area contributed by atoms with Crippen LogP contribution in [-0.4, -0.2) is 12.6 Å². The largest absolute Gasteiger partial charge is 0.314 e. The van der Waals surface area contributed by atoms with Crippen molar-refractivity contribution < 1.29 is 8.78 Å². The standard InChI is InChI=1S/C16H21F2N/c1-2-19-14(15-11-6-4-7-12(11)15)9-10-5-3-8-13(17)16(10)18/h3,5,8,11-12,14-15,19H,2,4,6-7,9H2,1H3. The van der Waals surface area contributed by atoms with E-state index >= 15 is 0 Å². The van der Waals surface area contributed by atoms with E-state index in [1.807, 2.05) is 0 Å². The first kappa shape index (κ1) is 13.0. The average molecular weight is 265 g/mol. The van der Waals surface area contributed by atoms with Crippen LogP contribution in [-0.2, 0) is 6.42 Å². The molecule has 2 saturated carbocycles. The van der Waals surface area contributed by atoms with Crippen LogP contribution in [0.3, 0.4) is 0 Å². The van der Waals surface area contributed by atoms with Gasteiger partial charge in [0.2, 0.25) is 0 Å². The summed E-state index contributed by atoms with van der Waals surface area (Å²) >= 11 is 0. The molecular weight excluding hydrogens is 244 g/mol. The Bertz CT molecular complexity index is 450. The van der Waals surface area contributed by atoms with E-state index in [4.69, 9.17) is 0 Å². The van der Waals surface area contributed by atoms with Gasteiger partial charge in [0.15, 0.2) is 11.6 Å². The van der Waals surface area contributed by atoms with Crippen molar-refractivity contribution in [2.45, 2.75) is 38.6 Å². The van der Waals surface area contributed by atoms with Gasteiger partial charge in [-0.1, -0.05) is 25.5 Å². The average Bonchev–Trinajstić information content (AvgIpc) is 2.87. The van der Waals surface area contributed by atoms with Crippen molar-refractivity contribution in [1.29, 1.82) is 0 Å². The second-order valence-electron chi connectivity index (χ2n) is 5.92. The summed E-state index contributed by atoms with van der Waals surface area (Å²) in [5.74, 6) is 0.942. The van der Waals surface area contributed by atoms with Crippen molar-refractivity contribution in [3.8, 4) is 0 Å². The summed E-state index contributed by atoms with van der Waals surface area (Å²) in [7, 11) is 0. The Kier molecular flexibility index (Phi) is 3.57. The van der Waals surface area contributed by atoms with Crippen LogP contribution < -0.4 is 5.32 Å². The van der Waals surface area contributed by atoms with Gasteiger partial charge in [0.05, 0.1) is 0 Å². The molecule has 0 amide bonds. The molecule has 0 aliphatic heterocycles. The fraction of sp³-hybridized carbons (Fsp3) is 0.625. The van der Waals surface area contributed by atoms with Crippen molar-refractivity contribution >= 4 is 0 Å². The highest BCUT2D eigenvalue weighted by Crippen LogP contribution is 2.59. The SMILES string of the molecule is CCNC(Cc1cccc(F)c1F)C1C2CCCC21. The Morgan fingerprint density at radius 3 is 2.68 bits per heavy atom. The molecular formula is C16H21F2N. The molecule has 3 heteroatoms.